The van der Waals surface area contributed by atoms with Crippen molar-refractivity contribution in [3.8, 4) is 5.88 Å². The summed E-state index contributed by atoms with van der Waals surface area (Å²) in [5.74, 6) is -0.353. The zero-order chi connectivity index (χ0) is 23.9. The van der Waals surface area contributed by atoms with Gasteiger partial charge in [0, 0.05) is 47.4 Å². The minimum absolute atomic E-state index is 0.0972. The number of benzene rings is 1. The van der Waals surface area contributed by atoms with Crippen molar-refractivity contribution in [3.63, 3.8) is 0 Å². The number of hydrogen-bond donors (Lipinski definition) is 1. The molecule has 0 unspecified atom stereocenters. The van der Waals surface area contributed by atoms with Crippen LogP contribution >= 0.6 is 11.6 Å². The molecule has 3 aromatic rings. The number of aromatic nitrogens is 2. The monoisotopic (exact) mass is 483 g/mol. The van der Waals surface area contributed by atoms with Gasteiger partial charge >= 0.3 is 5.97 Å². The van der Waals surface area contributed by atoms with Gasteiger partial charge in [-0.1, -0.05) is 29.8 Å². The number of aliphatic carboxylic acids is 1. The predicted molar refractivity (Wildman–Crippen MR) is 127 cm³/mol. The third kappa shape index (κ3) is 6.74. The molecule has 6 nitrogen and oxygen atoms in total. The van der Waals surface area contributed by atoms with Crippen molar-refractivity contribution in [2.75, 3.05) is 13.1 Å². The van der Waals surface area contributed by atoms with E-state index < -0.39 is 5.97 Å². The van der Waals surface area contributed by atoms with Gasteiger partial charge in [0.05, 0.1) is 5.69 Å². The summed E-state index contributed by atoms with van der Waals surface area (Å²) in [6.45, 7) is 2.75. The summed E-state index contributed by atoms with van der Waals surface area (Å²) in [6, 6.07) is 14.2. The molecule has 1 N–H and O–H groups in total. The van der Waals surface area contributed by atoms with E-state index in [9.17, 15) is 9.18 Å². The van der Waals surface area contributed by atoms with E-state index in [1.165, 1.54) is 6.07 Å². The average molecular weight is 484 g/mol. The van der Waals surface area contributed by atoms with Crippen LogP contribution in [0.3, 0.4) is 0 Å². The molecule has 0 amide bonds. The van der Waals surface area contributed by atoms with Crippen molar-refractivity contribution in [3.05, 3.63) is 88.1 Å². The molecule has 1 aliphatic heterocycles. The molecule has 1 saturated heterocycles. The van der Waals surface area contributed by atoms with Crippen LogP contribution in [0.1, 0.15) is 47.7 Å². The van der Waals surface area contributed by atoms with Crippen LogP contribution in [0.25, 0.3) is 0 Å². The van der Waals surface area contributed by atoms with Gasteiger partial charge < -0.3 is 9.84 Å². The Labute approximate surface area is 203 Å². The van der Waals surface area contributed by atoms with Crippen molar-refractivity contribution < 1.29 is 19.0 Å². The first kappa shape index (κ1) is 24.1. The molecule has 8 heteroatoms. The molecule has 0 radical (unpaired) electrons. The number of rotatable bonds is 9. The second kappa shape index (κ2) is 11.4. The summed E-state index contributed by atoms with van der Waals surface area (Å²) < 4.78 is 19.7. The first-order valence-electron chi connectivity index (χ1n) is 11.4. The molecule has 1 aromatic carbocycles. The molecule has 34 heavy (non-hydrogen) atoms. The molecule has 0 atom stereocenters. The lowest BCUT2D eigenvalue weighted by Gasteiger charge is -2.31. The first-order valence-corrected chi connectivity index (χ1v) is 11.8. The summed E-state index contributed by atoms with van der Waals surface area (Å²) in [6.07, 6.45) is 4.36. The maximum Gasteiger partial charge on any atom is 0.303 e. The molecule has 0 bridgehead atoms. The van der Waals surface area contributed by atoms with Crippen LogP contribution in [0.2, 0.25) is 5.02 Å². The summed E-state index contributed by atoms with van der Waals surface area (Å²) in [5, 5.41) is 9.16. The Morgan fingerprint density at radius 2 is 2.00 bits per heavy atom. The molecule has 1 fully saturated rings. The number of nitrogens with zero attached hydrogens (tertiary/aromatic N) is 3. The molecule has 0 aliphatic carbocycles. The van der Waals surface area contributed by atoms with Crippen molar-refractivity contribution in [2.45, 2.75) is 44.8 Å². The number of pyridine rings is 2. The molecule has 0 saturated carbocycles. The molecular weight excluding hydrogens is 457 g/mol. The number of piperidine rings is 1. The molecule has 2 aromatic heterocycles. The van der Waals surface area contributed by atoms with Gasteiger partial charge in [0.15, 0.2) is 0 Å². The number of halogens is 2. The second-order valence-corrected chi connectivity index (χ2v) is 8.96. The fraction of sp³-hybridized carbons (Fsp3) is 0.346. The lowest BCUT2D eigenvalue weighted by atomic mass is 9.93. The van der Waals surface area contributed by atoms with Crippen LogP contribution in [0.4, 0.5) is 4.39 Å². The highest BCUT2D eigenvalue weighted by Gasteiger charge is 2.22. The van der Waals surface area contributed by atoms with Crippen LogP contribution in [0, 0.1) is 5.82 Å². The van der Waals surface area contributed by atoms with Crippen LogP contribution in [-0.4, -0.2) is 39.0 Å². The summed E-state index contributed by atoms with van der Waals surface area (Å²) in [7, 11) is 0. The smallest absolute Gasteiger partial charge is 0.303 e. The van der Waals surface area contributed by atoms with Crippen LogP contribution in [-0.2, 0) is 24.4 Å². The Kier molecular flexibility index (Phi) is 8.08. The maximum absolute atomic E-state index is 14.0. The average Bonchev–Trinajstić information content (AvgIpc) is 2.84. The van der Waals surface area contributed by atoms with Crippen LogP contribution in [0.15, 0.2) is 54.7 Å². The fourth-order valence-corrected chi connectivity index (χ4v) is 4.25. The Morgan fingerprint density at radius 1 is 1.18 bits per heavy atom. The van der Waals surface area contributed by atoms with Gasteiger partial charge in [-0.15, -0.1) is 0 Å². The first-order chi connectivity index (χ1) is 16.5. The SMILES string of the molecule is O=C(O)CCc1ccc(CN2CCC(c3cccc(OCc4ccc(Cl)cc4F)n3)CC2)nc1. The zero-order valence-corrected chi connectivity index (χ0v) is 19.5. The normalized spacial score (nSPS) is 14.8. The van der Waals surface area contributed by atoms with E-state index >= 15 is 0 Å². The molecular formula is C26H27ClFN3O3. The highest BCUT2D eigenvalue weighted by atomic mass is 35.5. The third-order valence-corrected chi connectivity index (χ3v) is 6.28. The number of carboxylic acids is 1. The zero-order valence-electron chi connectivity index (χ0n) is 18.8. The molecule has 0 spiro atoms. The number of hydrogen-bond acceptors (Lipinski definition) is 5. The lowest BCUT2D eigenvalue weighted by molar-refractivity contribution is -0.136. The van der Waals surface area contributed by atoms with Gasteiger partial charge in [0.1, 0.15) is 12.4 Å². The second-order valence-electron chi connectivity index (χ2n) is 8.53. The van der Waals surface area contributed by atoms with Crippen LogP contribution < -0.4 is 4.74 Å². The van der Waals surface area contributed by atoms with Gasteiger partial charge in [-0.2, -0.15) is 0 Å². The topological polar surface area (TPSA) is 75.5 Å². The number of likely N-dealkylation sites (tertiary alicyclic amines) is 1. The Morgan fingerprint density at radius 3 is 2.71 bits per heavy atom. The van der Waals surface area contributed by atoms with Crippen LogP contribution in [0.5, 0.6) is 5.88 Å². The Hall–Kier alpha value is -3.03. The van der Waals surface area contributed by atoms with Crippen molar-refractivity contribution in [1.29, 1.82) is 0 Å². The van der Waals surface area contributed by atoms with Gasteiger partial charge in [-0.25, -0.2) is 9.37 Å². The molecule has 178 valence electrons. The van der Waals surface area contributed by atoms with Gasteiger partial charge in [0.2, 0.25) is 5.88 Å². The van der Waals surface area contributed by atoms with Crippen molar-refractivity contribution in [2.24, 2.45) is 0 Å². The minimum atomic E-state index is -0.797. The minimum Gasteiger partial charge on any atom is -0.481 e. The maximum atomic E-state index is 14.0. The van der Waals surface area contributed by atoms with E-state index in [0.29, 0.717) is 28.8 Å². The van der Waals surface area contributed by atoms with E-state index in [1.54, 1.807) is 24.4 Å². The van der Waals surface area contributed by atoms with Gasteiger partial charge in [0.25, 0.3) is 0 Å². The quantitative estimate of drug-likeness (QED) is 0.448. The molecule has 1 aliphatic rings. The Bertz CT molecular complexity index is 1120. The number of ether oxygens (including phenoxy) is 1. The fourth-order valence-electron chi connectivity index (χ4n) is 4.09. The van der Waals surface area contributed by atoms with E-state index in [1.807, 2.05) is 24.3 Å². The van der Waals surface area contributed by atoms with E-state index in [2.05, 4.69) is 14.9 Å². The molecule has 4 rings (SSSR count). The van der Waals surface area contributed by atoms with Crippen molar-refractivity contribution >= 4 is 17.6 Å². The van der Waals surface area contributed by atoms with E-state index in [4.69, 9.17) is 21.4 Å². The standard InChI is InChI=1S/C26H27ClFN3O3/c27-21-7-6-20(23(28)14-21)17-34-25-3-1-2-24(30-25)19-10-12-31(13-11-19)16-22-8-4-18(15-29-22)5-9-26(32)33/h1-4,6-8,14-15,19H,5,9-13,16-17H2,(H,32,33). The summed E-state index contributed by atoms with van der Waals surface area (Å²) >= 11 is 5.81. The van der Waals surface area contributed by atoms with E-state index in [-0.39, 0.29) is 18.8 Å². The Balaban J connectivity index is 1.27. The van der Waals surface area contributed by atoms with E-state index in [0.717, 1.165) is 49.4 Å². The van der Waals surface area contributed by atoms with Gasteiger partial charge in [-0.05, 0) is 62.2 Å². The summed E-state index contributed by atoms with van der Waals surface area (Å²) in [5.41, 5.74) is 3.36. The number of carbonyl (C=O) groups is 1. The lowest BCUT2D eigenvalue weighted by Crippen LogP contribution is -2.33. The summed E-state index contributed by atoms with van der Waals surface area (Å²) in [4.78, 5) is 22.2. The van der Waals surface area contributed by atoms with Crippen molar-refractivity contribution in [1.82, 2.24) is 14.9 Å². The predicted octanol–water partition coefficient (Wildman–Crippen LogP) is 5.24. The number of carboxylic acid groups (broad SMARTS) is 1. The molecule has 3 heterocycles. The highest BCUT2D eigenvalue weighted by molar-refractivity contribution is 6.30. The number of aryl methyl sites for hydroxylation is 1. The largest absolute Gasteiger partial charge is 0.481 e. The third-order valence-electron chi connectivity index (χ3n) is 6.04. The highest BCUT2D eigenvalue weighted by Crippen LogP contribution is 2.28. The van der Waals surface area contributed by atoms with Gasteiger partial charge in [-0.3, -0.25) is 14.7 Å².